The number of hydrogen-bond acceptors (Lipinski definition) is 3. The van der Waals surface area contributed by atoms with Crippen molar-refractivity contribution < 1.29 is 9.15 Å². The largest absolute Gasteiger partial charge is 0.457 e. The van der Waals surface area contributed by atoms with E-state index in [0.717, 1.165) is 24.2 Å². The van der Waals surface area contributed by atoms with Crippen LogP contribution in [0.5, 0.6) is 0 Å². The van der Waals surface area contributed by atoms with Crippen LogP contribution in [0.15, 0.2) is 21.4 Å². The molecule has 4 heteroatoms. The molecular formula is C14H22BrNO2. The van der Waals surface area contributed by atoms with Crippen LogP contribution in [0.2, 0.25) is 0 Å². The average molecular weight is 316 g/mol. The van der Waals surface area contributed by atoms with E-state index in [1.165, 1.54) is 31.2 Å². The first kappa shape index (κ1) is 14.1. The first-order chi connectivity index (χ1) is 8.81. The van der Waals surface area contributed by atoms with Gasteiger partial charge in [-0.1, -0.05) is 6.92 Å². The molecule has 0 aliphatic carbocycles. The van der Waals surface area contributed by atoms with Crippen molar-refractivity contribution in [3.8, 4) is 0 Å². The fourth-order valence-corrected chi connectivity index (χ4v) is 3.11. The maximum Gasteiger partial charge on any atom is 0.173 e. The van der Waals surface area contributed by atoms with Crippen molar-refractivity contribution in [1.29, 1.82) is 0 Å². The summed E-state index contributed by atoms with van der Waals surface area (Å²) < 4.78 is 11.8. The van der Waals surface area contributed by atoms with Crippen molar-refractivity contribution in [2.24, 2.45) is 0 Å². The lowest BCUT2D eigenvalue weighted by Crippen LogP contribution is -2.21. The summed E-state index contributed by atoms with van der Waals surface area (Å²) in [5.41, 5.74) is 1.23. The SMILES string of the molecule is CCNC(CCCC1CCCO1)c1ccoc1Br. The summed E-state index contributed by atoms with van der Waals surface area (Å²) >= 11 is 3.46. The third-order valence-electron chi connectivity index (χ3n) is 3.51. The van der Waals surface area contributed by atoms with Crippen molar-refractivity contribution in [3.05, 3.63) is 22.6 Å². The number of hydrogen-bond donors (Lipinski definition) is 1. The molecule has 0 saturated carbocycles. The van der Waals surface area contributed by atoms with Gasteiger partial charge in [0.1, 0.15) is 0 Å². The molecule has 1 aliphatic rings. The lowest BCUT2D eigenvalue weighted by atomic mass is 10.0. The fourth-order valence-electron chi connectivity index (χ4n) is 2.59. The van der Waals surface area contributed by atoms with Gasteiger partial charge in [0.15, 0.2) is 4.67 Å². The van der Waals surface area contributed by atoms with Gasteiger partial charge in [0.05, 0.1) is 12.4 Å². The van der Waals surface area contributed by atoms with E-state index in [1.54, 1.807) is 6.26 Å². The molecule has 1 aromatic rings. The molecule has 0 radical (unpaired) electrons. The summed E-state index contributed by atoms with van der Waals surface area (Å²) in [4.78, 5) is 0. The molecule has 1 aliphatic heterocycles. The number of halogens is 1. The predicted molar refractivity (Wildman–Crippen MR) is 75.7 cm³/mol. The summed E-state index contributed by atoms with van der Waals surface area (Å²) in [5.74, 6) is 0. The third kappa shape index (κ3) is 3.84. The topological polar surface area (TPSA) is 34.4 Å². The normalized spacial score (nSPS) is 21.3. The highest BCUT2D eigenvalue weighted by Crippen LogP contribution is 2.29. The van der Waals surface area contributed by atoms with Gasteiger partial charge >= 0.3 is 0 Å². The van der Waals surface area contributed by atoms with Crippen molar-refractivity contribution in [3.63, 3.8) is 0 Å². The van der Waals surface area contributed by atoms with Crippen LogP contribution in [0.25, 0.3) is 0 Å². The van der Waals surface area contributed by atoms with E-state index in [4.69, 9.17) is 9.15 Å². The molecule has 102 valence electrons. The zero-order valence-corrected chi connectivity index (χ0v) is 12.5. The minimum Gasteiger partial charge on any atom is -0.457 e. The second-order valence-electron chi connectivity index (χ2n) is 4.83. The lowest BCUT2D eigenvalue weighted by Gasteiger charge is -2.18. The van der Waals surface area contributed by atoms with Gasteiger partial charge in [-0.3, -0.25) is 0 Å². The van der Waals surface area contributed by atoms with E-state index < -0.39 is 0 Å². The Labute approximate surface area is 117 Å². The maximum absolute atomic E-state index is 5.66. The Bertz CT molecular complexity index is 347. The van der Waals surface area contributed by atoms with Crippen LogP contribution in [0.4, 0.5) is 0 Å². The molecule has 2 rings (SSSR count). The van der Waals surface area contributed by atoms with E-state index in [0.29, 0.717) is 12.1 Å². The van der Waals surface area contributed by atoms with Gasteiger partial charge in [0, 0.05) is 18.2 Å². The second kappa shape index (κ2) is 7.31. The molecule has 3 nitrogen and oxygen atoms in total. The molecule has 1 aromatic heterocycles. The molecule has 18 heavy (non-hydrogen) atoms. The van der Waals surface area contributed by atoms with Gasteiger partial charge in [-0.05, 0) is 60.6 Å². The summed E-state index contributed by atoms with van der Waals surface area (Å²) in [5, 5.41) is 3.52. The Kier molecular flexibility index (Phi) is 5.73. The van der Waals surface area contributed by atoms with Crippen molar-refractivity contribution >= 4 is 15.9 Å². The monoisotopic (exact) mass is 315 g/mol. The minimum absolute atomic E-state index is 0.379. The number of furan rings is 1. The van der Waals surface area contributed by atoms with Gasteiger partial charge in [-0.25, -0.2) is 0 Å². The smallest absolute Gasteiger partial charge is 0.173 e. The zero-order valence-electron chi connectivity index (χ0n) is 11.0. The fraction of sp³-hybridized carbons (Fsp3) is 0.714. The van der Waals surface area contributed by atoms with Crippen LogP contribution >= 0.6 is 15.9 Å². The predicted octanol–water partition coefficient (Wildman–Crippen LogP) is 4.04. The van der Waals surface area contributed by atoms with Crippen molar-refractivity contribution in [2.45, 2.75) is 51.2 Å². The third-order valence-corrected chi connectivity index (χ3v) is 4.16. The molecule has 1 saturated heterocycles. The van der Waals surface area contributed by atoms with E-state index in [2.05, 4.69) is 28.2 Å². The highest BCUT2D eigenvalue weighted by atomic mass is 79.9. The first-order valence-electron chi connectivity index (χ1n) is 6.89. The number of rotatable bonds is 7. The van der Waals surface area contributed by atoms with Gasteiger partial charge in [-0.15, -0.1) is 0 Å². The van der Waals surface area contributed by atoms with Crippen molar-refractivity contribution in [1.82, 2.24) is 5.32 Å². The Balaban J connectivity index is 1.80. The minimum atomic E-state index is 0.379. The van der Waals surface area contributed by atoms with Gasteiger partial charge in [-0.2, -0.15) is 0 Å². The number of ether oxygens (including phenoxy) is 1. The quantitative estimate of drug-likeness (QED) is 0.824. The molecule has 0 aromatic carbocycles. The highest BCUT2D eigenvalue weighted by Gasteiger charge is 2.18. The van der Waals surface area contributed by atoms with Crippen LogP contribution in [-0.4, -0.2) is 19.3 Å². The molecule has 0 spiro atoms. The van der Waals surface area contributed by atoms with E-state index in [9.17, 15) is 0 Å². The Morgan fingerprint density at radius 1 is 1.56 bits per heavy atom. The van der Waals surface area contributed by atoms with E-state index in [-0.39, 0.29) is 0 Å². The molecule has 0 amide bonds. The average Bonchev–Trinajstić information content (AvgIpc) is 2.99. The second-order valence-corrected chi connectivity index (χ2v) is 5.55. The maximum atomic E-state index is 5.66. The molecule has 1 fully saturated rings. The Morgan fingerprint density at radius 2 is 2.44 bits per heavy atom. The summed E-state index contributed by atoms with van der Waals surface area (Å²) in [6.45, 7) is 4.07. The summed E-state index contributed by atoms with van der Waals surface area (Å²) in [6.07, 6.45) is 8.21. The van der Waals surface area contributed by atoms with Crippen LogP contribution in [0, 0.1) is 0 Å². The van der Waals surface area contributed by atoms with Gasteiger partial charge in [0.2, 0.25) is 0 Å². The van der Waals surface area contributed by atoms with Gasteiger partial charge in [0.25, 0.3) is 0 Å². The zero-order chi connectivity index (χ0) is 12.8. The molecular weight excluding hydrogens is 294 g/mol. The van der Waals surface area contributed by atoms with Crippen molar-refractivity contribution in [2.75, 3.05) is 13.2 Å². The number of nitrogens with one attached hydrogen (secondary N) is 1. The first-order valence-corrected chi connectivity index (χ1v) is 7.68. The van der Waals surface area contributed by atoms with Crippen LogP contribution < -0.4 is 5.32 Å². The van der Waals surface area contributed by atoms with Gasteiger partial charge < -0.3 is 14.5 Å². The van der Waals surface area contributed by atoms with Crippen LogP contribution in [-0.2, 0) is 4.74 Å². The Hall–Kier alpha value is -0.320. The van der Waals surface area contributed by atoms with Crippen LogP contribution in [0.3, 0.4) is 0 Å². The molecule has 1 N–H and O–H groups in total. The Morgan fingerprint density at radius 3 is 3.06 bits per heavy atom. The molecule has 2 unspecified atom stereocenters. The van der Waals surface area contributed by atoms with E-state index >= 15 is 0 Å². The van der Waals surface area contributed by atoms with E-state index in [1.807, 2.05) is 6.07 Å². The molecule has 0 bridgehead atoms. The van der Waals surface area contributed by atoms with Crippen LogP contribution in [0.1, 0.15) is 50.6 Å². The standard InChI is InChI=1S/C14H22BrNO2/c1-2-16-13(12-8-10-18-14(12)15)7-3-5-11-6-4-9-17-11/h8,10-11,13,16H,2-7,9H2,1H3. The summed E-state index contributed by atoms with van der Waals surface area (Å²) in [6, 6.07) is 2.42. The summed E-state index contributed by atoms with van der Waals surface area (Å²) in [7, 11) is 0. The molecule has 2 atom stereocenters. The highest BCUT2D eigenvalue weighted by molar-refractivity contribution is 9.10. The lowest BCUT2D eigenvalue weighted by molar-refractivity contribution is 0.101. The molecule has 2 heterocycles.